The monoisotopic (exact) mass is 206 g/mol. The van der Waals surface area contributed by atoms with Crippen LogP contribution in [0, 0.1) is 6.92 Å². The molecule has 1 rings (SSSR count). The fourth-order valence-electron chi connectivity index (χ4n) is 0.995. The van der Waals surface area contributed by atoms with Crippen molar-refractivity contribution >= 4 is 11.7 Å². The zero-order chi connectivity index (χ0) is 11.3. The van der Waals surface area contributed by atoms with Crippen molar-refractivity contribution in [2.75, 3.05) is 0 Å². The zero-order valence-corrected chi connectivity index (χ0v) is 8.50. The van der Waals surface area contributed by atoms with Gasteiger partial charge in [-0.2, -0.15) is 0 Å². The highest BCUT2D eigenvalue weighted by Gasteiger charge is 1.99. The summed E-state index contributed by atoms with van der Waals surface area (Å²) in [4.78, 5) is 10.8. The molecule has 5 heteroatoms. The Bertz CT molecular complexity index is 358. The average molecular weight is 206 g/mol. The van der Waals surface area contributed by atoms with Crippen LogP contribution in [0.3, 0.4) is 0 Å². The first-order valence-electron chi connectivity index (χ1n) is 4.42. The standard InChI is InChI=1S/C10H14N4O/c1-7-3-5-9(6-4-7)8(2)13-14-10(15)12-11/h3-6,13H,2,11H2,1H3,(H2,12,14,15). The summed E-state index contributed by atoms with van der Waals surface area (Å²) in [6, 6.07) is 7.22. The largest absolute Gasteiger partial charge is 0.347 e. The van der Waals surface area contributed by atoms with Crippen LogP contribution in [0.5, 0.6) is 0 Å². The number of nitrogens with two attached hydrogens (primary N) is 1. The van der Waals surface area contributed by atoms with Gasteiger partial charge in [0.2, 0.25) is 0 Å². The molecule has 15 heavy (non-hydrogen) atoms. The second kappa shape index (κ2) is 5.02. The number of hydrazine groups is 2. The minimum Gasteiger partial charge on any atom is -0.297 e. The number of rotatable bonds is 3. The lowest BCUT2D eigenvalue weighted by atomic mass is 10.1. The number of benzene rings is 1. The van der Waals surface area contributed by atoms with E-state index in [-0.39, 0.29) is 0 Å². The Balaban J connectivity index is 2.54. The third-order valence-corrected chi connectivity index (χ3v) is 1.86. The summed E-state index contributed by atoms with van der Waals surface area (Å²) in [6.07, 6.45) is 0. The van der Waals surface area contributed by atoms with E-state index in [2.05, 4.69) is 17.4 Å². The molecule has 0 bridgehead atoms. The first-order valence-corrected chi connectivity index (χ1v) is 4.42. The molecule has 0 radical (unpaired) electrons. The molecule has 0 aromatic heterocycles. The lowest BCUT2D eigenvalue weighted by Crippen LogP contribution is -2.45. The van der Waals surface area contributed by atoms with Crippen molar-refractivity contribution in [3.63, 3.8) is 0 Å². The molecule has 0 heterocycles. The second-order valence-electron chi connectivity index (χ2n) is 3.07. The van der Waals surface area contributed by atoms with Gasteiger partial charge < -0.3 is 0 Å². The SMILES string of the molecule is C=C(NNC(=O)NN)c1ccc(C)cc1. The van der Waals surface area contributed by atoms with Crippen molar-refractivity contribution in [2.24, 2.45) is 5.84 Å². The van der Waals surface area contributed by atoms with Crippen LogP contribution in [-0.2, 0) is 0 Å². The van der Waals surface area contributed by atoms with E-state index < -0.39 is 6.03 Å². The van der Waals surface area contributed by atoms with E-state index in [0.717, 1.165) is 5.56 Å². The number of aryl methyl sites for hydroxylation is 1. The number of carbonyl (C=O) groups excluding carboxylic acids is 1. The molecule has 0 saturated carbocycles. The van der Waals surface area contributed by atoms with Gasteiger partial charge in [0.25, 0.3) is 0 Å². The van der Waals surface area contributed by atoms with E-state index in [4.69, 9.17) is 5.84 Å². The van der Waals surface area contributed by atoms with Crippen LogP contribution in [-0.4, -0.2) is 6.03 Å². The van der Waals surface area contributed by atoms with Crippen LogP contribution >= 0.6 is 0 Å². The Hall–Kier alpha value is -2.01. The molecule has 0 atom stereocenters. The fourth-order valence-corrected chi connectivity index (χ4v) is 0.995. The summed E-state index contributed by atoms with van der Waals surface area (Å²) < 4.78 is 0. The van der Waals surface area contributed by atoms with Gasteiger partial charge in [0.1, 0.15) is 0 Å². The molecule has 0 fully saturated rings. The lowest BCUT2D eigenvalue weighted by molar-refractivity contribution is 0.239. The number of hydrogen-bond acceptors (Lipinski definition) is 3. The maximum absolute atomic E-state index is 10.8. The molecule has 0 aliphatic heterocycles. The van der Waals surface area contributed by atoms with Gasteiger partial charge in [-0.1, -0.05) is 36.4 Å². The predicted octanol–water partition coefficient (Wildman–Crippen LogP) is 0.643. The zero-order valence-electron chi connectivity index (χ0n) is 8.50. The average Bonchev–Trinajstić information content (AvgIpc) is 2.26. The fraction of sp³-hybridized carbons (Fsp3) is 0.100. The Morgan fingerprint density at radius 2 is 1.87 bits per heavy atom. The third kappa shape index (κ3) is 3.32. The van der Waals surface area contributed by atoms with Gasteiger partial charge in [0, 0.05) is 0 Å². The van der Waals surface area contributed by atoms with Crippen LogP contribution in [0.1, 0.15) is 11.1 Å². The molecule has 1 aromatic rings. The maximum atomic E-state index is 10.8. The second-order valence-corrected chi connectivity index (χ2v) is 3.07. The van der Waals surface area contributed by atoms with E-state index in [1.165, 1.54) is 5.56 Å². The number of nitrogens with one attached hydrogen (secondary N) is 3. The molecule has 5 N–H and O–H groups in total. The van der Waals surface area contributed by atoms with Crippen LogP contribution in [0.15, 0.2) is 30.8 Å². The molecule has 1 aromatic carbocycles. The summed E-state index contributed by atoms with van der Waals surface area (Å²) >= 11 is 0. The first-order chi connectivity index (χ1) is 7.13. The van der Waals surface area contributed by atoms with E-state index in [1.807, 2.05) is 36.6 Å². The smallest absolute Gasteiger partial charge is 0.297 e. The minimum atomic E-state index is -0.525. The summed E-state index contributed by atoms with van der Waals surface area (Å²) in [5, 5.41) is 0. The predicted molar refractivity (Wildman–Crippen MR) is 59.2 cm³/mol. The van der Waals surface area contributed by atoms with Crippen molar-refractivity contribution in [2.45, 2.75) is 6.92 Å². The van der Waals surface area contributed by atoms with E-state index >= 15 is 0 Å². The number of amides is 2. The van der Waals surface area contributed by atoms with Gasteiger partial charge in [-0.15, -0.1) is 0 Å². The van der Waals surface area contributed by atoms with Crippen LogP contribution in [0.2, 0.25) is 0 Å². The summed E-state index contributed by atoms with van der Waals surface area (Å²) in [5.41, 5.74) is 9.54. The molecular weight excluding hydrogens is 192 g/mol. The molecule has 0 aliphatic carbocycles. The Morgan fingerprint density at radius 1 is 1.27 bits per heavy atom. The summed E-state index contributed by atoms with van der Waals surface area (Å²) in [5.74, 6) is 4.89. The van der Waals surface area contributed by atoms with Crippen LogP contribution in [0.25, 0.3) is 5.70 Å². The number of urea groups is 1. The molecule has 0 aliphatic rings. The third-order valence-electron chi connectivity index (χ3n) is 1.86. The molecule has 5 nitrogen and oxygen atoms in total. The van der Waals surface area contributed by atoms with Crippen LogP contribution in [0.4, 0.5) is 4.79 Å². The highest BCUT2D eigenvalue weighted by Crippen LogP contribution is 2.09. The molecule has 2 amide bonds. The van der Waals surface area contributed by atoms with Crippen LogP contribution < -0.4 is 22.1 Å². The summed E-state index contributed by atoms with van der Waals surface area (Å²) in [7, 11) is 0. The van der Waals surface area contributed by atoms with Gasteiger partial charge in [-0.3, -0.25) is 16.3 Å². The molecule has 0 saturated heterocycles. The highest BCUT2D eigenvalue weighted by atomic mass is 16.2. The van der Waals surface area contributed by atoms with Gasteiger partial charge in [-0.25, -0.2) is 10.6 Å². The van der Waals surface area contributed by atoms with Gasteiger partial charge in [-0.05, 0) is 12.5 Å². The highest BCUT2D eigenvalue weighted by molar-refractivity contribution is 5.74. The Kier molecular flexibility index (Phi) is 3.70. The topological polar surface area (TPSA) is 79.2 Å². The van der Waals surface area contributed by atoms with Gasteiger partial charge in [0.15, 0.2) is 0 Å². The van der Waals surface area contributed by atoms with Gasteiger partial charge >= 0.3 is 6.03 Å². The van der Waals surface area contributed by atoms with E-state index in [9.17, 15) is 4.79 Å². The van der Waals surface area contributed by atoms with E-state index in [1.54, 1.807) is 0 Å². The van der Waals surface area contributed by atoms with E-state index in [0.29, 0.717) is 5.70 Å². The first kappa shape index (κ1) is 11.1. The normalized spacial score (nSPS) is 9.20. The minimum absolute atomic E-state index is 0.525. The molecule has 0 unspecified atom stereocenters. The Morgan fingerprint density at radius 3 is 2.40 bits per heavy atom. The summed E-state index contributed by atoms with van der Waals surface area (Å²) in [6.45, 7) is 5.77. The van der Waals surface area contributed by atoms with Gasteiger partial charge in [0.05, 0.1) is 5.70 Å². The van der Waals surface area contributed by atoms with Crippen molar-refractivity contribution in [3.8, 4) is 0 Å². The molecular formula is C10H14N4O. The van der Waals surface area contributed by atoms with Crippen molar-refractivity contribution in [1.29, 1.82) is 0 Å². The van der Waals surface area contributed by atoms with Crippen molar-refractivity contribution in [3.05, 3.63) is 42.0 Å². The van der Waals surface area contributed by atoms with Crippen molar-refractivity contribution in [1.82, 2.24) is 16.3 Å². The maximum Gasteiger partial charge on any atom is 0.347 e. The number of carbonyl (C=O) groups is 1. The quantitative estimate of drug-likeness (QED) is 0.333. The van der Waals surface area contributed by atoms with Crippen molar-refractivity contribution < 1.29 is 4.79 Å². The molecule has 80 valence electrons. The Labute approximate surface area is 88.3 Å². The lowest BCUT2D eigenvalue weighted by Gasteiger charge is -2.10. The number of hydrogen-bond donors (Lipinski definition) is 4. The molecule has 0 spiro atoms.